The number of amides is 5. The van der Waals surface area contributed by atoms with Crippen LogP contribution in [0.15, 0.2) is 53.2 Å². The van der Waals surface area contributed by atoms with Crippen LogP contribution in [-0.4, -0.2) is 116 Å². The first kappa shape index (κ1) is 30.8. The quantitative estimate of drug-likeness (QED) is 0.448. The number of hydrogen-bond donors (Lipinski definition) is 3. The van der Waals surface area contributed by atoms with Gasteiger partial charge in [-0.05, 0) is 24.8 Å². The summed E-state index contributed by atoms with van der Waals surface area (Å²) >= 11 is 0. The Bertz CT molecular complexity index is 1130. The van der Waals surface area contributed by atoms with E-state index in [0.717, 1.165) is 12.0 Å². The largest absolute Gasteiger partial charge is 0.347 e. The lowest BCUT2D eigenvalue weighted by molar-refractivity contribution is -0.187. The van der Waals surface area contributed by atoms with E-state index in [1.54, 1.807) is 11.1 Å². The summed E-state index contributed by atoms with van der Waals surface area (Å²) in [5.74, 6) is -0.673. The monoisotopic (exact) mass is 595 g/mol. The molecule has 5 amide bonds. The van der Waals surface area contributed by atoms with Crippen molar-refractivity contribution in [1.29, 1.82) is 0 Å². The van der Waals surface area contributed by atoms with Crippen LogP contribution in [0.3, 0.4) is 0 Å². The molecule has 5 aliphatic heterocycles. The summed E-state index contributed by atoms with van der Waals surface area (Å²) in [6, 6.07) is -0.966. The van der Waals surface area contributed by atoms with Crippen molar-refractivity contribution in [2.75, 3.05) is 59.0 Å². The lowest BCUT2D eigenvalue weighted by Crippen LogP contribution is -2.57. The summed E-state index contributed by atoms with van der Waals surface area (Å²) in [5.41, 5.74) is 3.93. The van der Waals surface area contributed by atoms with Crippen LogP contribution in [0.5, 0.6) is 0 Å². The molecule has 5 aliphatic rings. The summed E-state index contributed by atoms with van der Waals surface area (Å²) in [6.45, 7) is 4.95. The Morgan fingerprint density at radius 3 is 2.56 bits per heavy atom. The highest BCUT2D eigenvalue weighted by Gasteiger charge is 2.42. The van der Waals surface area contributed by atoms with Gasteiger partial charge in [0, 0.05) is 77.2 Å². The minimum atomic E-state index is -0.709. The van der Waals surface area contributed by atoms with Crippen molar-refractivity contribution in [1.82, 2.24) is 30.8 Å². The molecule has 3 fully saturated rings. The minimum Gasteiger partial charge on any atom is -0.347 e. The molecule has 0 radical (unpaired) electrons. The molecule has 43 heavy (non-hydrogen) atoms. The van der Waals surface area contributed by atoms with E-state index in [9.17, 15) is 14.4 Å². The van der Waals surface area contributed by atoms with E-state index >= 15 is 0 Å². The number of hydrazone groups is 1. The predicted molar refractivity (Wildman–Crippen MR) is 163 cm³/mol. The van der Waals surface area contributed by atoms with E-state index in [4.69, 9.17) is 9.47 Å². The van der Waals surface area contributed by atoms with Gasteiger partial charge in [-0.15, -0.1) is 0 Å². The molecule has 0 aliphatic carbocycles. The molecule has 12 heteroatoms. The van der Waals surface area contributed by atoms with Crippen LogP contribution in [0.1, 0.15) is 44.9 Å². The van der Waals surface area contributed by atoms with E-state index in [0.29, 0.717) is 97.6 Å². The minimum absolute atomic E-state index is 0.0587. The third-order valence-corrected chi connectivity index (χ3v) is 8.64. The van der Waals surface area contributed by atoms with Gasteiger partial charge in [-0.2, -0.15) is 5.10 Å². The number of nitrogens with zero attached hydrogens (tertiary/aromatic N) is 4. The van der Waals surface area contributed by atoms with Crippen molar-refractivity contribution < 1.29 is 23.9 Å². The highest BCUT2D eigenvalue weighted by atomic mass is 16.7. The van der Waals surface area contributed by atoms with E-state index in [1.807, 2.05) is 46.3 Å². The number of hydrogen-bond acceptors (Lipinski definition) is 7. The summed E-state index contributed by atoms with van der Waals surface area (Å²) < 4.78 is 11.7. The zero-order chi connectivity index (χ0) is 29.9. The molecule has 0 saturated carbocycles. The number of carbonyl (C=O) groups excluding carboxylic acids is 3. The second-order valence-corrected chi connectivity index (χ2v) is 11.5. The van der Waals surface area contributed by atoms with Crippen LogP contribution < -0.4 is 16.1 Å². The maximum absolute atomic E-state index is 13.9. The van der Waals surface area contributed by atoms with Crippen molar-refractivity contribution in [3.05, 3.63) is 48.1 Å². The van der Waals surface area contributed by atoms with Gasteiger partial charge >= 0.3 is 12.1 Å². The first-order chi connectivity index (χ1) is 21.0. The fourth-order valence-electron chi connectivity index (χ4n) is 6.22. The fraction of sp³-hybridized carbons (Fsp3) is 0.613. The van der Waals surface area contributed by atoms with Crippen LogP contribution in [0.4, 0.5) is 9.59 Å². The average molecular weight is 596 g/mol. The van der Waals surface area contributed by atoms with Gasteiger partial charge in [0.25, 0.3) is 0 Å². The zero-order valence-corrected chi connectivity index (χ0v) is 24.9. The van der Waals surface area contributed by atoms with Crippen LogP contribution in [0, 0.1) is 0 Å². The van der Waals surface area contributed by atoms with E-state index in [2.05, 4.69) is 27.2 Å². The Morgan fingerprint density at radius 2 is 1.77 bits per heavy atom. The van der Waals surface area contributed by atoms with Crippen molar-refractivity contribution in [3.8, 4) is 0 Å². The Labute approximate surface area is 253 Å². The molecule has 5 rings (SSSR count). The normalized spacial score (nSPS) is 28.1. The second kappa shape index (κ2) is 15.2. The summed E-state index contributed by atoms with van der Waals surface area (Å²) in [7, 11) is 0. The highest BCUT2D eigenvalue weighted by Crippen LogP contribution is 2.31. The lowest BCUT2D eigenvalue weighted by Gasteiger charge is -2.40. The molecular weight excluding hydrogens is 550 g/mol. The van der Waals surface area contributed by atoms with Gasteiger partial charge < -0.3 is 40.2 Å². The first-order valence-electron chi connectivity index (χ1n) is 15.6. The molecule has 3 N–H and O–H groups in total. The van der Waals surface area contributed by atoms with Gasteiger partial charge in [-0.3, -0.25) is 4.79 Å². The van der Waals surface area contributed by atoms with Gasteiger partial charge in [-0.1, -0.05) is 42.5 Å². The molecule has 234 valence electrons. The maximum atomic E-state index is 13.9. The SMILES string of the molecule is O=C(NC(CC1=C/C/C=N\NC/C=C\1)C(=O)N1CCC2(CC1)OCCO2)N1CCC(N2CC/C=C\C=C/CNC2=O)CC1. The molecule has 1 spiro atoms. The standard InChI is InChI=1S/C31H45N7O5/c39-28(36-20-12-31(13-21-36)42-22-23-43-31)27(24-25-8-6-15-33-34-16-7-9-25)35-30(41)37-18-10-26(11-19-37)38-17-5-3-1-2-4-14-32-29(38)40/h1-4,6,8-9,16,26-27,33H,5,7,10-15,17-24H2,(H,32,40)(H,35,41)/b3-1-,4-2-,8-6-,25-9+,34-16-. The number of ether oxygens (including phenoxy) is 2. The number of urea groups is 2. The molecule has 1 unspecified atom stereocenters. The lowest BCUT2D eigenvalue weighted by atomic mass is 9.99. The van der Waals surface area contributed by atoms with E-state index in [1.165, 1.54) is 0 Å². The van der Waals surface area contributed by atoms with Crippen LogP contribution in [0.2, 0.25) is 0 Å². The second-order valence-electron chi connectivity index (χ2n) is 11.5. The first-order valence-corrected chi connectivity index (χ1v) is 15.6. The highest BCUT2D eigenvalue weighted by molar-refractivity contribution is 5.87. The number of carbonyl (C=O) groups is 3. The molecule has 5 heterocycles. The van der Waals surface area contributed by atoms with Crippen molar-refractivity contribution in [2.45, 2.75) is 62.8 Å². The molecule has 12 nitrogen and oxygen atoms in total. The maximum Gasteiger partial charge on any atom is 0.318 e. The van der Waals surface area contributed by atoms with Gasteiger partial charge in [0.2, 0.25) is 5.91 Å². The molecule has 0 aromatic heterocycles. The van der Waals surface area contributed by atoms with Gasteiger partial charge in [0.15, 0.2) is 5.79 Å². The van der Waals surface area contributed by atoms with Gasteiger partial charge in [-0.25, -0.2) is 9.59 Å². The van der Waals surface area contributed by atoms with E-state index in [-0.39, 0.29) is 24.0 Å². The number of nitrogens with one attached hydrogen (secondary N) is 3. The van der Waals surface area contributed by atoms with Gasteiger partial charge in [0.05, 0.1) is 19.8 Å². The smallest absolute Gasteiger partial charge is 0.318 e. The third-order valence-electron chi connectivity index (χ3n) is 8.64. The Kier molecular flexibility index (Phi) is 10.9. The molecular formula is C31H45N7O5. The van der Waals surface area contributed by atoms with Crippen molar-refractivity contribution >= 4 is 24.2 Å². The number of rotatable bonds is 5. The number of piperidine rings is 2. The summed E-state index contributed by atoms with van der Waals surface area (Å²) in [4.78, 5) is 45.8. The van der Waals surface area contributed by atoms with Crippen LogP contribution in [0.25, 0.3) is 0 Å². The Morgan fingerprint density at radius 1 is 1.00 bits per heavy atom. The molecule has 3 saturated heterocycles. The molecule has 0 bridgehead atoms. The van der Waals surface area contributed by atoms with Crippen molar-refractivity contribution in [2.24, 2.45) is 5.10 Å². The van der Waals surface area contributed by atoms with E-state index < -0.39 is 11.8 Å². The molecule has 0 aromatic rings. The van der Waals surface area contributed by atoms with Gasteiger partial charge in [0.1, 0.15) is 6.04 Å². The van der Waals surface area contributed by atoms with Crippen LogP contribution >= 0.6 is 0 Å². The summed E-state index contributed by atoms with van der Waals surface area (Å²) in [6.07, 6.45) is 20.2. The predicted octanol–water partition coefficient (Wildman–Crippen LogP) is 2.27. The topological polar surface area (TPSA) is 128 Å². The Balaban J connectivity index is 1.21. The molecule has 0 aromatic carbocycles. The average Bonchev–Trinajstić information content (AvgIpc) is 3.53. The third kappa shape index (κ3) is 8.47. The van der Waals surface area contributed by atoms with Crippen molar-refractivity contribution in [3.63, 3.8) is 0 Å². The fourth-order valence-corrected chi connectivity index (χ4v) is 6.22. The Hall–Kier alpha value is -3.64. The zero-order valence-electron chi connectivity index (χ0n) is 24.9. The molecule has 1 atom stereocenters. The summed E-state index contributed by atoms with van der Waals surface area (Å²) in [5, 5.41) is 10.2. The van der Waals surface area contributed by atoms with Crippen LogP contribution in [-0.2, 0) is 14.3 Å². The number of allylic oxidation sites excluding steroid dienone is 4. The number of likely N-dealkylation sites (tertiary alicyclic amines) is 2.